The van der Waals surface area contributed by atoms with Crippen LogP contribution in [0.15, 0.2) is 27.4 Å². The van der Waals surface area contributed by atoms with E-state index in [2.05, 4.69) is 0 Å². The van der Waals surface area contributed by atoms with Crippen molar-refractivity contribution in [3.63, 3.8) is 0 Å². The molecule has 1 aromatic heterocycles. The molecule has 4 rings (SSSR count). The monoisotopic (exact) mass is 372 g/mol. The number of aryl methyl sites for hydroxylation is 1. The fourth-order valence-electron chi connectivity index (χ4n) is 3.17. The van der Waals surface area contributed by atoms with Gasteiger partial charge in [-0.1, -0.05) is 11.6 Å². The van der Waals surface area contributed by atoms with Gasteiger partial charge in [-0.15, -0.1) is 0 Å². The number of phenolic OH excluding ortho intramolecular Hbond substituents is 3. The molecule has 0 bridgehead atoms. The summed E-state index contributed by atoms with van der Waals surface area (Å²) in [6.07, 6.45) is 0. The van der Waals surface area contributed by atoms with E-state index in [1.807, 2.05) is 0 Å². The van der Waals surface area contributed by atoms with Crippen LogP contribution in [0.3, 0.4) is 0 Å². The van der Waals surface area contributed by atoms with Gasteiger partial charge in [-0.05, 0) is 13.0 Å². The molecule has 1 heterocycles. The molecule has 8 heteroatoms. The summed E-state index contributed by atoms with van der Waals surface area (Å²) in [5.74, 6) is -3.17. The second-order valence-electron chi connectivity index (χ2n) is 5.88. The minimum Gasteiger partial charge on any atom is -0.507 e. The summed E-state index contributed by atoms with van der Waals surface area (Å²) < 4.78 is 5.45. The zero-order valence-corrected chi connectivity index (χ0v) is 13.8. The molecular weight excluding hydrogens is 364 g/mol. The first kappa shape index (κ1) is 16.2. The third kappa shape index (κ3) is 1.91. The molecule has 1 aliphatic carbocycles. The highest BCUT2D eigenvalue weighted by molar-refractivity contribution is 6.41. The Morgan fingerprint density at radius 1 is 0.846 bits per heavy atom. The Hall–Kier alpha value is -3.32. The van der Waals surface area contributed by atoms with E-state index in [4.69, 9.17) is 16.0 Å². The van der Waals surface area contributed by atoms with Crippen LogP contribution in [0.2, 0.25) is 5.02 Å². The van der Waals surface area contributed by atoms with Crippen molar-refractivity contribution >= 4 is 34.1 Å². The molecule has 2 aromatic carbocycles. The van der Waals surface area contributed by atoms with Gasteiger partial charge in [0.05, 0.1) is 21.7 Å². The van der Waals surface area contributed by atoms with Gasteiger partial charge in [0.2, 0.25) is 5.78 Å². The maximum Gasteiger partial charge on any atom is 0.202 e. The molecule has 0 unspecified atom stereocenters. The minimum absolute atomic E-state index is 0.175. The van der Waals surface area contributed by atoms with E-state index in [-0.39, 0.29) is 33.4 Å². The smallest absolute Gasteiger partial charge is 0.202 e. The number of fused-ring (bicyclic) bond motifs is 4. The van der Waals surface area contributed by atoms with E-state index in [0.717, 1.165) is 18.2 Å². The van der Waals surface area contributed by atoms with Crippen LogP contribution in [0.4, 0.5) is 0 Å². The Kier molecular flexibility index (Phi) is 3.16. The van der Waals surface area contributed by atoms with E-state index in [9.17, 15) is 29.7 Å². The molecule has 7 nitrogen and oxygen atoms in total. The fraction of sp³-hybridized carbons (Fsp3) is 0.0556. The molecular formula is C18H9ClO7. The van der Waals surface area contributed by atoms with Gasteiger partial charge in [0.1, 0.15) is 28.4 Å². The second-order valence-corrected chi connectivity index (χ2v) is 6.26. The average Bonchev–Trinajstić information content (AvgIpc) is 2.54. The first-order chi connectivity index (χ1) is 12.2. The van der Waals surface area contributed by atoms with Crippen LogP contribution in [0.5, 0.6) is 17.2 Å². The number of halogens is 1. The summed E-state index contributed by atoms with van der Waals surface area (Å²) >= 11 is 5.95. The van der Waals surface area contributed by atoms with Crippen LogP contribution in [0, 0.1) is 6.92 Å². The number of aromatic hydroxyl groups is 3. The number of phenols is 3. The van der Waals surface area contributed by atoms with Crippen LogP contribution in [0.1, 0.15) is 37.6 Å². The SMILES string of the molecule is Cc1cc(=O)c2c(O)cc3c(c2o1)C(=O)c1c(O)cc(O)c(Cl)c1C3=O. The predicted octanol–water partition coefficient (Wildman–Crippen LogP) is 2.65. The van der Waals surface area contributed by atoms with E-state index in [1.54, 1.807) is 0 Å². The molecule has 0 fully saturated rings. The first-order valence-electron chi connectivity index (χ1n) is 7.36. The molecule has 26 heavy (non-hydrogen) atoms. The number of hydrogen-bond donors (Lipinski definition) is 3. The first-order valence-corrected chi connectivity index (χ1v) is 7.74. The van der Waals surface area contributed by atoms with E-state index < -0.39 is 44.8 Å². The van der Waals surface area contributed by atoms with Gasteiger partial charge in [0.15, 0.2) is 16.8 Å². The molecule has 0 radical (unpaired) electrons. The molecule has 1 aliphatic rings. The number of rotatable bonds is 0. The Morgan fingerprint density at radius 3 is 2.23 bits per heavy atom. The third-order valence-corrected chi connectivity index (χ3v) is 4.64. The van der Waals surface area contributed by atoms with Gasteiger partial charge >= 0.3 is 0 Å². The third-order valence-electron chi connectivity index (χ3n) is 4.25. The lowest BCUT2D eigenvalue weighted by atomic mass is 9.82. The van der Waals surface area contributed by atoms with Crippen LogP contribution in [-0.2, 0) is 0 Å². The van der Waals surface area contributed by atoms with Crippen molar-refractivity contribution in [2.75, 3.05) is 0 Å². The normalized spacial score (nSPS) is 13.0. The molecule has 0 amide bonds. The number of benzene rings is 2. The summed E-state index contributed by atoms with van der Waals surface area (Å²) in [4.78, 5) is 38.0. The maximum atomic E-state index is 13.0. The van der Waals surface area contributed by atoms with Crippen molar-refractivity contribution < 1.29 is 29.3 Å². The molecule has 3 aromatic rings. The number of ketones is 2. The van der Waals surface area contributed by atoms with Crippen molar-refractivity contribution in [1.29, 1.82) is 0 Å². The average molecular weight is 373 g/mol. The minimum atomic E-state index is -0.812. The number of carbonyl (C=O) groups is 2. The van der Waals surface area contributed by atoms with Crippen LogP contribution in [-0.4, -0.2) is 26.9 Å². The van der Waals surface area contributed by atoms with Crippen molar-refractivity contribution in [3.05, 3.63) is 61.5 Å². The maximum absolute atomic E-state index is 13.0. The van der Waals surface area contributed by atoms with Gasteiger partial charge in [-0.2, -0.15) is 0 Å². The Bertz CT molecular complexity index is 1240. The highest BCUT2D eigenvalue weighted by Gasteiger charge is 2.38. The zero-order valence-electron chi connectivity index (χ0n) is 13.1. The fourth-order valence-corrected chi connectivity index (χ4v) is 3.41. The van der Waals surface area contributed by atoms with Gasteiger partial charge in [-0.3, -0.25) is 14.4 Å². The second kappa shape index (κ2) is 5.09. The summed E-state index contributed by atoms with van der Waals surface area (Å²) in [7, 11) is 0. The van der Waals surface area contributed by atoms with Crippen molar-refractivity contribution in [3.8, 4) is 17.2 Å². The molecule has 0 saturated heterocycles. The van der Waals surface area contributed by atoms with E-state index in [1.165, 1.54) is 6.92 Å². The molecule has 130 valence electrons. The number of hydrogen-bond acceptors (Lipinski definition) is 7. The zero-order chi connectivity index (χ0) is 18.9. The lowest BCUT2D eigenvalue weighted by molar-refractivity contribution is 0.0976. The Balaban J connectivity index is 2.22. The predicted molar refractivity (Wildman–Crippen MR) is 90.5 cm³/mol. The van der Waals surface area contributed by atoms with Crippen LogP contribution < -0.4 is 5.43 Å². The molecule has 0 saturated carbocycles. The molecule has 0 aliphatic heterocycles. The molecule has 0 atom stereocenters. The quantitative estimate of drug-likeness (QED) is 0.433. The van der Waals surface area contributed by atoms with Crippen molar-refractivity contribution in [1.82, 2.24) is 0 Å². The van der Waals surface area contributed by atoms with Crippen LogP contribution in [0.25, 0.3) is 11.0 Å². The number of carbonyl (C=O) groups excluding carboxylic acids is 2. The van der Waals surface area contributed by atoms with E-state index >= 15 is 0 Å². The summed E-state index contributed by atoms with van der Waals surface area (Å²) in [5.41, 5.74) is -2.11. The largest absolute Gasteiger partial charge is 0.507 e. The Labute approximate surface area is 149 Å². The van der Waals surface area contributed by atoms with Gasteiger partial charge in [-0.25, -0.2) is 0 Å². The Morgan fingerprint density at radius 2 is 1.54 bits per heavy atom. The highest BCUT2D eigenvalue weighted by Crippen LogP contribution is 2.44. The molecule has 0 spiro atoms. The summed E-state index contributed by atoms with van der Waals surface area (Å²) in [6, 6.07) is 2.97. The summed E-state index contributed by atoms with van der Waals surface area (Å²) in [5, 5.41) is 29.4. The highest BCUT2D eigenvalue weighted by atomic mass is 35.5. The van der Waals surface area contributed by atoms with E-state index in [0.29, 0.717) is 0 Å². The topological polar surface area (TPSA) is 125 Å². The summed E-state index contributed by atoms with van der Waals surface area (Å²) in [6.45, 7) is 1.48. The molecule has 3 N–H and O–H groups in total. The van der Waals surface area contributed by atoms with Crippen LogP contribution >= 0.6 is 11.6 Å². The van der Waals surface area contributed by atoms with Gasteiger partial charge < -0.3 is 19.7 Å². The van der Waals surface area contributed by atoms with Crippen molar-refractivity contribution in [2.45, 2.75) is 6.92 Å². The standard InChI is InChI=1S/C18H9ClO7/c1-5-2-7(20)12-8(21)3-6-11(18(12)26-5)17(25)13-9(22)4-10(23)15(19)14(13)16(6)24/h2-4,21-23H,1H3. The van der Waals surface area contributed by atoms with Gasteiger partial charge in [0, 0.05) is 17.7 Å². The van der Waals surface area contributed by atoms with Gasteiger partial charge in [0.25, 0.3) is 0 Å². The lowest BCUT2D eigenvalue weighted by Crippen LogP contribution is -2.23. The van der Waals surface area contributed by atoms with Crippen molar-refractivity contribution in [2.24, 2.45) is 0 Å². The lowest BCUT2D eigenvalue weighted by Gasteiger charge is -2.21.